The van der Waals surface area contributed by atoms with Crippen molar-refractivity contribution in [1.29, 1.82) is 0 Å². The van der Waals surface area contributed by atoms with Gasteiger partial charge in [-0.1, -0.05) is 25.2 Å². The van der Waals surface area contributed by atoms with Gasteiger partial charge in [-0.05, 0) is 25.7 Å². The van der Waals surface area contributed by atoms with Crippen molar-refractivity contribution >= 4 is 5.91 Å². The molecule has 1 aliphatic rings. The van der Waals surface area contributed by atoms with Gasteiger partial charge in [0.25, 0.3) is 5.91 Å². The number of carbonyl (C=O) groups excluding carboxylic acids is 1. The maximum atomic E-state index is 11.4. The van der Waals surface area contributed by atoms with Gasteiger partial charge in [0.15, 0.2) is 0 Å². The first-order chi connectivity index (χ1) is 6.34. The van der Waals surface area contributed by atoms with Crippen molar-refractivity contribution in [2.24, 2.45) is 0 Å². The number of carbonyl (C=O) groups is 1. The minimum atomic E-state index is 0.00407. The van der Waals surface area contributed by atoms with Gasteiger partial charge in [0, 0.05) is 13.1 Å². The van der Waals surface area contributed by atoms with Gasteiger partial charge in [-0.15, -0.1) is 0 Å². The average molecular weight is 179 g/mol. The fourth-order valence-electron chi connectivity index (χ4n) is 1.64. The SMILES string of the molecule is CC#CC(=O)N1CCCCCCC1. The first-order valence-corrected chi connectivity index (χ1v) is 5.06. The Bertz CT molecular complexity index is 216. The summed E-state index contributed by atoms with van der Waals surface area (Å²) in [5.41, 5.74) is 0. The van der Waals surface area contributed by atoms with E-state index in [0.717, 1.165) is 25.9 Å². The molecule has 1 aliphatic heterocycles. The van der Waals surface area contributed by atoms with E-state index in [1.54, 1.807) is 6.92 Å². The van der Waals surface area contributed by atoms with Gasteiger partial charge in [0.05, 0.1) is 0 Å². The fraction of sp³-hybridized carbons (Fsp3) is 0.727. The zero-order chi connectivity index (χ0) is 9.52. The van der Waals surface area contributed by atoms with E-state index >= 15 is 0 Å². The van der Waals surface area contributed by atoms with Crippen LogP contribution in [0.4, 0.5) is 0 Å². The van der Waals surface area contributed by atoms with Gasteiger partial charge in [-0.2, -0.15) is 0 Å². The highest BCUT2D eigenvalue weighted by Gasteiger charge is 2.11. The summed E-state index contributed by atoms with van der Waals surface area (Å²) in [5.74, 6) is 5.26. The molecule has 0 radical (unpaired) electrons. The molecule has 72 valence electrons. The van der Waals surface area contributed by atoms with Crippen LogP contribution in [0.25, 0.3) is 0 Å². The molecule has 2 heteroatoms. The molecular weight excluding hydrogens is 162 g/mol. The summed E-state index contributed by atoms with van der Waals surface area (Å²) in [6, 6.07) is 0. The molecular formula is C11H17NO. The van der Waals surface area contributed by atoms with Crippen LogP contribution in [0, 0.1) is 11.8 Å². The Balaban J connectivity index is 2.44. The molecule has 0 aromatic heterocycles. The van der Waals surface area contributed by atoms with Crippen LogP contribution < -0.4 is 0 Å². The summed E-state index contributed by atoms with van der Waals surface area (Å²) in [5, 5.41) is 0. The Labute approximate surface area is 80.3 Å². The lowest BCUT2D eigenvalue weighted by molar-refractivity contribution is -0.125. The number of nitrogens with zero attached hydrogens (tertiary/aromatic N) is 1. The lowest BCUT2D eigenvalue weighted by Gasteiger charge is -2.22. The second-order valence-electron chi connectivity index (χ2n) is 3.43. The minimum Gasteiger partial charge on any atom is -0.332 e. The largest absolute Gasteiger partial charge is 0.332 e. The molecule has 0 aliphatic carbocycles. The molecule has 1 heterocycles. The molecule has 0 aromatic carbocycles. The lowest BCUT2D eigenvalue weighted by atomic mass is 10.1. The van der Waals surface area contributed by atoms with Crippen LogP contribution in [0.1, 0.15) is 39.0 Å². The van der Waals surface area contributed by atoms with Crippen LogP contribution in [-0.2, 0) is 4.79 Å². The third kappa shape index (κ3) is 3.50. The van der Waals surface area contributed by atoms with Crippen LogP contribution in [0.2, 0.25) is 0 Å². The highest BCUT2D eigenvalue weighted by Crippen LogP contribution is 2.10. The molecule has 1 fully saturated rings. The number of amides is 1. The molecule has 0 aromatic rings. The summed E-state index contributed by atoms with van der Waals surface area (Å²) in [6.07, 6.45) is 6.10. The van der Waals surface area contributed by atoms with Crippen molar-refractivity contribution < 1.29 is 4.79 Å². The summed E-state index contributed by atoms with van der Waals surface area (Å²) in [4.78, 5) is 13.3. The van der Waals surface area contributed by atoms with Crippen molar-refractivity contribution in [3.05, 3.63) is 0 Å². The molecule has 0 unspecified atom stereocenters. The van der Waals surface area contributed by atoms with Gasteiger partial charge < -0.3 is 4.90 Å². The van der Waals surface area contributed by atoms with E-state index in [1.807, 2.05) is 4.90 Å². The van der Waals surface area contributed by atoms with E-state index in [0.29, 0.717) is 0 Å². The predicted molar refractivity (Wildman–Crippen MR) is 53.1 cm³/mol. The zero-order valence-electron chi connectivity index (χ0n) is 8.31. The number of likely N-dealkylation sites (tertiary alicyclic amines) is 1. The molecule has 1 rings (SSSR count). The molecule has 0 bridgehead atoms. The van der Waals surface area contributed by atoms with E-state index in [9.17, 15) is 4.79 Å². The van der Waals surface area contributed by atoms with Gasteiger partial charge in [-0.3, -0.25) is 4.79 Å². The van der Waals surface area contributed by atoms with Gasteiger partial charge in [0.2, 0.25) is 0 Å². The normalized spacial score (nSPS) is 18.1. The quantitative estimate of drug-likeness (QED) is 0.519. The van der Waals surface area contributed by atoms with Crippen molar-refractivity contribution in [3.8, 4) is 11.8 Å². The molecule has 1 amide bonds. The third-order valence-electron chi connectivity index (χ3n) is 2.38. The van der Waals surface area contributed by atoms with E-state index in [1.165, 1.54) is 19.3 Å². The van der Waals surface area contributed by atoms with E-state index < -0.39 is 0 Å². The highest BCUT2D eigenvalue weighted by atomic mass is 16.2. The van der Waals surface area contributed by atoms with E-state index in [2.05, 4.69) is 11.8 Å². The number of rotatable bonds is 0. The Hall–Kier alpha value is -0.970. The second-order valence-corrected chi connectivity index (χ2v) is 3.43. The molecule has 0 N–H and O–H groups in total. The standard InChI is InChI=1S/C11H17NO/c1-2-8-11(13)12-9-6-4-3-5-7-10-12/h3-7,9-10H2,1H3. The monoisotopic (exact) mass is 179 g/mol. The Morgan fingerprint density at radius 3 is 2.15 bits per heavy atom. The number of hydrogen-bond acceptors (Lipinski definition) is 1. The van der Waals surface area contributed by atoms with Crippen LogP contribution >= 0.6 is 0 Å². The Kier molecular flexibility index (Phi) is 4.39. The Morgan fingerprint density at radius 2 is 1.62 bits per heavy atom. The van der Waals surface area contributed by atoms with Crippen LogP contribution in [0.15, 0.2) is 0 Å². The fourth-order valence-corrected chi connectivity index (χ4v) is 1.64. The Morgan fingerprint density at radius 1 is 1.08 bits per heavy atom. The van der Waals surface area contributed by atoms with Crippen molar-refractivity contribution in [2.45, 2.75) is 39.0 Å². The smallest absolute Gasteiger partial charge is 0.298 e. The minimum absolute atomic E-state index is 0.00407. The third-order valence-corrected chi connectivity index (χ3v) is 2.38. The highest BCUT2D eigenvalue weighted by molar-refractivity contribution is 5.93. The zero-order valence-corrected chi connectivity index (χ0v) is 8.31. The van der Waals surface area contributed by atoms with Crippen molar-refractivity contribution in [2.75, 3.05) is 13.1 Å². The van der Waals surface area contributed by atoms with Crippen LogP contribution in [0.3, 0.4) is 0 Å². The maximum absolute atomic E-state index is 11.4. The molecule has 0 saturated carbocycles. The molecule has 13 heavy (non-hydrogen) atoms. The molecule has 1 saturated heterocycles. The number of hydrogen-bond donors (Lipinski definition) is 0. The summed E-state index contributed by atoms with van der Waals surface area (Å²) < 4.78 is 0. The second kappa shape index (κ2) is 5.64. The summed E-state index contributed by atoms with van der Waals surface area (Å²) in [7, 11) is 0. The van der Waals surface area contributed by atoms with Crippen LogP contribution in [-0.4, -0.2) is 23.9 Å². The first-order valence-electron chi connectivity index (χ1n) is 5.06. The van der Waals surface area contributed by atoms with Crippen molar-refractivity contribution in [3.63, 3.8) is 0 Å². The van der Waals surface area contributed by atoms with Gasteiger partial charge >= 0.3 is 0 Å². The summed E-state index contributed by atoms with van der Waals surface area (Å²) >= 11 is 0. The van der Waals surface area contributed by atoms with E-state index in [-0.39, 0.29) is 5.91 Å². The van der Waals surface area contributed by atoms with Gasteiger partial charge in [0.1, 0.15) is 0 Å². The maximum Gasteiger partial charge on any atom is 0.298 e. The van der Waals surface area contributed by atoms with Crippen molar-refractivity contribution in [1.82, 2.24) is 4.90 Å². The lowest BCUT2D eigenvalue weighted by Crippen LogP contribution is -2.32. The topological polar surface area (TPSA) is 20.3 Å². The van der Waals surface area contributed by atoms with E-state index in [4.69, 9.17) is 0 Å². The molecule has 0 spiro atoms. The van der Waals surface area contributed by atoms with Crippen LogP contribution in [0.5, 0.6) is 0 Å². The molecule has 0 atom stereocenters. The predicted octanol–water partition coefficient (Wildman–Crippen LogP) is 1.80. The molecule has 2 nitrogen and oxygen atoms in total. The van der Waals surface area contributed by atoms with Gasteiger partial charge in [-0.25, -0.2) is 0 Å². The average Bonchev–Trinajstić information content (AvgIpc) is 2.03. The first kappa shape index (κ1) is 10.1. The summed E-state index contributed by atoms with van der Waals surface area (Å²) in [6.45, 7) is 3.50.